The molecule has 3 aromatic rings. The number of rotatable bonds is 5. The third-order valence-electron chi connectivity index (χ3n) is 5.92. The van der Waals surface area contributed by atoms with Gasteiger partial charge >= 0.3 is 0 Å². The molecule has 0 saturated heterocycles. The molecule has 1 unspecified atom stereocenters. The molecule has 0 amide bonds. The standard InChI is InChI=1S/C29H35O3PS/c1-20(30)34-27(21-18-24(28(2,3)4)26(31)25(19-21)29(5,6)7)33(32,22-14-10-8-11-15-22)23-16-12-9-13-17-23/h8-19,27,31H,1-7H3. The Bertz CT molecular complexity index is 1130. The van der Waals surface area contributed by atoms with Crippen molar-refractivity contribution in [2.24, 2.45) is 0 Å². The Kier molecular flexibility index (Phi) is 7.55. The van der Waals surface area contributed by atoms with Gasteiger partial charge in [-0.2, -0.15) is 0 Å². The lowest BCUT2D eigenvalue weighted by Gasteiger charge is -2.32. The van der Waals surface area contributed by atoms with Crippen LogP contribution in [0.25, 0.3) is 0 Å². The molecule has 0 spiro atoms. The summed E-state index contributed by atoms with van der Waals surface area (Å²) in [5, 5.41) is 12.6. The zero-order chi connectivity index (χ0) is 25.3. The van der Waals surface area contributed by atoms with E-state index in [2.05, 4.69) is 41.5 Å². The first-order valence-corrected chi connectivity index (χ1v) is 14.2. The molecule has 0 aliphatic rings. The van der Waals surface area contributed by atoms with Crippen molar-refractivity contribution >= 4 is 34.6 Å². The van der Waals surface area contributed by atoms with Crippen LogP contribution in [0.15, 0.2) is 72.8 Å². The number of hydrogen-bond acceptors (Lipinski definition) is 4. The van der Waals surface area contributed by atoms with Crippen LogP contribution in [0.1, 0.15) is 70.1 Å². The highest BCUT2D eigenvalue weighted by molar-refractivity contribution is 8.19. The SMILES string of the molecule is CC(=O)SC(c1cc(C(C)(C)C)c(O)c(C(C)(C)C)c1)P(=O)(c1ccccc1)c1ccccc1. The van der Waals surface area contributed by atoms with Gasteiger partial charge in [0.2, 0.25) is 0 Å². The second-order valence-electron chi connectivity index (χ2n) is 10.8. The number of carbonyl (C=O) groups excluding carboxylic acids is 1. The maximum Gasteiger partial charge on any atom is 0.186 e. The van der Waals surface area contributed by atoms with Crippen LogP contribution >= 0.6 is 18.9 Å². The van der Waals surface area contributed by atoms with Gasteiger partial charge in [0.15, 0.2) is 12.3 Å². The highest BCUT2D eigenvalue weighted by atomic mass is 32.2. The predicted octanol–water partition coefficient (Wildman–Crippen LogP) is 7.28. The fourth-order valence-electron chi connectivity index (χ4n) is 4.17. The molecular formula is C29H35O3PS. The first-order chi connectivity index (χ1) is 15.8. The number of benzene rings is 3. The van der Waals surface area contributed by atoms with Gasteiger partial charge in [-0.3, -0.25) is 4.79 Å². The molecule has 3 aromatic carbocycles. The van der Waals surface area contributed by atoms with E-state index in [0.717, 1.165) is 28.5 Å². The summed E-state index contributed by atoms with van der Waals surface area (Å²) in [7, 11) is -3.31. The lowest BCUT2D eigenvalue weighted by molar-refractivity contribution is -0.109. The van der Waals surface area contributed by atoms with Crippen LogP contribution in [-0.2, 0) is 20.2 Å². The van der Waals surface area contributed by atoms with Crippen molar-refractivity contribution in [3.8, 4) is 5.75 Å². The van der Waals surface area contributed by atoms with Gasteiger partial charge in [-0.25, -0.2) is 0 Å². The number of hydrogen-bond donors (Lipinski definition) is 1. The molecule has 180 valence electrons. The van der Waals surface area contributed by atoms with E-state index in [0.29, 0.717) is 10.6 Å². The molecule has 0 bridgehead atoms. The minimum atomic E-state index is -3.31. The fraction of sp³-hybridized carbons (Fsp3) is 0.345. The highest BCUT2D eigenvalue weighted by Crippen LogP contribution is 2.63. The first kappa shape index (κ1) is 26.3. The summed E-state index contributed by atoms with van der Waals surface area (Å²) in [6.45, 7) is 13.9. The summed E-state index contributed by atoms with van der Waals surface area (Å²) in [4.78, 5) is 11.9. The average molecular weight is 495 g/mol. The second-order valence-corrected chi connectivity index (χ2v) is 15.3. The van der Waals surface area contributed by atoms with Crippen molar-refractivity contribution in [2.45, 2.75) is 64.3 Å². The van der Waals surface area contributed by atoms with Crippen molar-refractivity contribution < 1.29 is 14.5 Å². The zero-order valence-corrected chi connectivity index (χ0v) is 22.8. The molecular weight excluding hydrogens is 459 g/mol. The molecule has 0 fully saturated rings. The van der Waals surface area contributed by atoms with E-state index in [4.69, 9.17) is 0 Å². The molecule has 1 atom stereocenters. The molecule has 0 aromatic heterocycles. The second kappa shape index (κ2) is 9.76. The number of phenols is 1. The van der Waals surface area contributed by atoms with Gasteiger partial charge in [-0.15, -0.1) is 0 Å². The van der Waals surface area contributed by atoms with Crippen molar-refractivity contribution in [2.75, 3.05) is 0 Å². The van der Waals surface area contributed by atoms with Gasteiger partial charge in [-0.05, 0) is 39.7 Å². The van der Waals surface area contributed by atoms with E-state index in [1.165, 1.54) is 6.92 Å². The molecule has 5 heteroatoms. The van der Waals surface area contributed by atoms with Gasteiger partial charge in [0.05, 0.1) is 4.99 Å². The Morgan fingerprint density at radius 2 is 1.18 bits per heavy atom. The lowest BCUT2D eigenvalue weighted by atomic mass is 9.78. The topological polar surface area (TPSA) is 54.4 Å². The predicted molar refractivity (Wildman–Crippen MR) is 146 cm³/mol. The van der Waals surface area contributed by atoms with E-state index in [-0.39, 0.29) is 21.7 Å². The van der Waals surface area contributed by atoms with Crippen LogP contribution in [0.3, 0.4) is 0 Å². The van der Waals surface area contributed by atoms with Crippen LogP contribution in [0.2, 0.25) is 0 Å². The molecule has 0 aliphatic carbocycles. The van der Waals surface area contributed by atoms with Crippen LogP contribution < -0.4 is 10.6 Å². The third-order valence-corrected chi connectivity index (χ3v) is 11.0. The summed E-state index contributed by atoms with van der Waals surface area (Å²) in [5.74, 6) is 0.268. The van der Waals surface area contributed by atoms with Crippen molar-refractivity contribution in [3.05, 3.63) is 89.5 Å². The lowest BCUT2D eigenvalue weighted by Crippen LogP contribution is -2.22. The van der Waals surface area contributed by atoms with Crippen molar-refractivity contribution in [3.63, 3.8) is 0 Å². The van der Waals surface area contributed by atoms with Gasteiger partial charge < -0.3 is 9.67 Å². The van der Waals surface area contributed by atoms with E-state index >= 15 is 4.57 Å². The molecule has 0 aliphatic heterocycles. The minimum Gasteiger partial charge on any atom is -0.507 e. The van der Waals surface area contributed by atoms with Crippen LogP contribution in [-0.4, -0.2) is 10.2 Å². The Morgan fingerprint density at radius 3 is 1.50 bits per heavy atom. The van der Waals surface area contributed by atoms with E-state index in [9.17, 15) is 9.90 Å². The summed E-state index contributed by atoms with van der Waals surface area (Å²) >= 11 is 1.11. The molecule has 3 rings (SSSR count). The smallest absolute Gasteiger partial charge is 0.186 e. The van der Waals surface area contributed by atoms with Crippen LogP contribution in [0.5, 0.6) is 5.75 Å². The number of carbonyl (C=O) groups is 1. The Hall–Kier alpha value is -2.29. The number of phenolic OH excluding ortho intramolecular Hbond substituents is 1. The highest BCUT2D eigenvalue weighted by Gasteiger charge is 2.41. The summed E-state index contributed by atoms with van der Waals surface area (Å²) in [6, 6.07) is 22.8. The minimum absolute atomic E-state index is 0.0974. The van der Waals surface area contributed by atoms with Gasteiger partial charge in [-0.1, -0.05) is 114 Å². The van der Waals surface area contributed by atoms with Crippen LogP contribution in [0, 0.1) is 0 Å². The Morgan fingerprint density at radius 1 is 0.794 bits per heavy atom. The Balaban J connectivity index is 2.42. The maximum absolute atomic E-state index is 15.2. The molecule has 34 heavy (non-hydrogen) atoms. The fourth-order valence-corrected chi connectivity index (χ4v) is 9.17. The Labute approximate surface area is 208 Å². The van der Waals surface area contributed by atoms with Gasteiger partial charge in [0.25, 0.3) is 0 Å². The van der Waals surface area contributed by atoms with Gasteiger partial charge in [0, 0.05) is 17.5 Å². The summed E-state index contributed by atoms with van der Waals surface area (Å²) in [6.07, 6.45) is 0. The zero-order valence-electron chi connectivity index (χ0n) is 21.1. The van der Waals surface area contributed by atoms with E-state index in [1.54, 1.807) is 0 Å². The van der Waals surface area contributed by atoms with E-state index < -0.39 is 12.1 Å². The number of aromatic hydroxyl groups is 1. The molecule has 0 heterocycles. The van der Waals surface area contributed by atoms with Gasteiger partial charge in [0.1, 0.15) is 5.75 Å². The third kappa shape index (κ3) is 5.34. The summed E-state index contributed by atoms with van der Waals surface area (Å²) in [5.41, 5.74) is 1.70. The van der Waals surface area contributed by atoms with Crippen molar-refractivity contribution in [1.29, 1.82) is 0 Å². The largest absolute Gasteiger partial charge is 0.507 e. The number of thioether (sulfide) groups is 1. The normalized spacial score (nSPS) is 13.5. The quantitative estimate of drug-likeness (QED) is 0.379. The van der Waals surface area contributed by atoms with Crippen molar-refractivity contribution in [1.82, 2.24) is 0 Å². The maximum atomic E-state index is 15.2. The average Bonchev–Trinajstić information content (AvgIpc) is 2.77. The molecule has 0 saturated carbocycles. The van der Waals surface area contributed by atoms with Crippen LogP contribution in [0.4, 0.5) is 0 Å². The summed E-state index contributed by atoms with van der Waals surface area (Å²) < 4.78 is 15.2. The monoisotopic (exact) mass is 494 g/mol. The molecule has 1 N–H and O–H groups in total. The molecule has 3 nitrogen and oxygen atoms in total. The molecule has 0 radical (unpaired) electrons. The first-order valence-electron chi connectivity index (χ1n) is 11.5. The van der Waals surface area contributed by atoms with E-state index in [1.807, 2.05) is 72.8 Å².